The number of amides is 1. The minimum atomic E-state index is -3.51. The smallest absolute Gasteiger partial charge is 0.238 e. The predicted octanol–water partition coefficient (Wildman–Crippen LogP) is 2.45. The number of para-hydroxylation sites is 1. The molecular formula is C22H25N3O4S. The van der Waals surface area contributed by atoms with Crippen LogP contribution in [0.5, 0.6) is 0 Å². The summed E-state index contributed by atoms with van der Waals surface area (Å²) in [6.45, 7) is 3.15. The van der Waals surface area contributed by atoms with Gasteiger partial charge in [-0.2, -0.15) is 4.31 Å². The minimum Gasteiger partial charge on any atom is -0.324 e. The van der Waals surface area contributed by atoms with E-state index in [-0.39, 0.29) is 18.2 Å². The summed E-state index contributed by atoms with van der Waals surface area (Å²) in [6.07, 6.45) is 1.58. The van der Waals surface area contributed by atoms with E-state index in [1.165, 1.54) is 16.6 Å². The van der Waals surface area contributed by atoms with Crippen molar-refractivity contribution < 1.29 is 18.0 Å². The van der Waals surface area contributed by atoms with Crippen molar-refractivity contribution in [2.75, 3.05) is 38.0 Å². The van der Waals surface area contributed by atoms with Crippen LogP contribution in [0, 0.1) is 0 Å². The zero-order valence-electron chi connectivity index (χ0n) is 16.8. The van der Waals surface area contributed by atoms with Crippen LogP contribution in [-0.2, 0) is 14.8 Å². The van der Waals surface area contributed by atoms with Crippen LogP contribution in [-0.4, -0.2) is 62.0 Å². The molecule has 0 saturated carbocycles. The molecule has 0 aliphatic carbocycles. The second-order valence-corrected chi connectivity index (χ2v) is 8.90. The zero-order chi connectivity index (χ0) is 21.6. The van der Waals surface area contributed by atoms with Gasteiger partial charge in [-0.15, -0.1) is 0 Å². The number of ketones is 1. The summed E-state index contributed by atoms with van der Waals surface area (Å²) in [7, 11) is -3.51. The lowest BCUT2D eigenvalue weighted by Crippen LogP contribution is -2.49. The highest BCUT2D eigenvalue weighted by molar-refractivity contribution is 7.92. The number of piperazine rings is 1. The van der Waals surface area contributed by atoms with E-state index in [0.717, 1.165) is 5.56 Å². The van der Waals surface area contributed by atoms with E-state index in [0.29, 0.717) is 37.4 Å². The fourth-order valence-electron chi connectivity index (χ4n) is 3.25. The van der Waals surface area contributed by atoms with Crippen LogP contribution >= 0.6 is 0 Å². The average molecular weight is 428 g/mol. The normalized spacial score (nSPS) is 15.9. The number of nitrogens with one attached hydrogen (secondary N) is 1. The van der Waals surface area contributed by atoms with Gasteiger partial charge in [0.15, 0.2) is 5.78 Å². The zero-order valence-corrected chi connectivity index (χ0v) is 17.6. The van der Waals surface area contributed by atoms with E-state index in [1.807, 2.05) is 35.2 Å². The number of hydrogen-bond donors (Lipinski definition) is 1. The van der Waals surface area contributed by atoms with Gasteiger partial charge in [-0.1, -0.05) is 42.5 Å². The van der Waals surface area contributed by atoms with Crippen LogP contribution in [0.15, 0.2) is 60.0 Å². The van der Waals surface area contributed by atoms with Gasteiger partial charge in [-0.25, -0.2) is 8.42 Å². The number of hydrogen-bond acceptors (Lipinski definition) is 5. The maximum absolute atomic E-state index is 12.5. The summed E-state index contributed by atoms with van der Waals surface area (Å²) < 4.78 is 26.5. The number of anilines is 1. The molecule has 1 aliphatic rings. The molecule has 0 bridgehead atoms. The molecule has 0 aromatic heterocycles. The first-order valence-corrected chi connectivity index (χ1v) is 11.2. The molecule has 7 nitrogen and oxygen atoms in total. The Morgan fingerprint density at radius 3 is 2.27 bits per heavy atom. The molecule has 2 aromatic rings. The van der Waals surface area contributed by atoms with Gasteiger partial charge in [0.2, 0.25) is 15.9 Å². The van der Waals surface area contributed by atoms with Crippen molar-refractivity contribution in [2.24, 2.45) is 0 Å². The number of Topliss-reactive ketones (excluding diaryl/α,β-unsaturated/α-hetero) is 1. The Morgan fingerprint density at radius 2 is 1.60 bits per heavy atom. The fourth-order valence-corrected chi connectivity index (χ4v) is 4.42. The Kier molecular flexibility index (Phi) is 7.15. The molecule has 0 radical (unpaired) electrons. The van der Waals surface area contributed by atoms with Gasteiger partial charge in [0.05, 0.1) is 12.2 Å². The second kappa shape index (κ2) is 9.80. The first kappa shape index (κ1) is 21.9. The molecule has 3 rings (SSSR count). The molecule has 1 aliphatic heterocycles. The number of carbonyl (C=O) groups excluding carboxylic acids is 2. The summed E-state index contributed by atoms with van der Waals surface area (Å²) in [5.41, 5.74) is 1.77. The third-order valence-corrected chi connectivity index (χ3v) is 6.44. The molecule has 158 valence electrons. The fraction of sp³-hybridized carbons (Fsp3) is 0.273. The van der Waals surface area contributed by atoms with Crippen molar-refractivity contribution in [1.82, 2.24) is 9.21 Å². The maximum atomic E-state index is 12.5. The van der Waals surface area contributed by atoms with E-state index in [4.69, 9.17) is 0 Å². The maximum Gasteiger partial charge on any atom is 0.238 e. The van der Waals surface area contributed by atoms with Gasteiger partial charge in [-0.05, 0) is 30.7 Å². The van der Waals surface area contributed by atoms with Crippen molar-refractivity contribution in [3.05, 3.63) is 71.1 Å². The van der Waals surface area contributed by atoms with Crippen molar-refractivity contribution in [1.29, 1.82) is 0 Å². The highest BCUT2D eigenvalue weighted by Gasteiger charge is 2.26. The average Bonchev–Trinajstić information content (AvgIpc) is 2.74. The van der Waals surface area contributed by atoms with Gasteiger partial charge in [0.25, 0.3) is 0 Å². The predicted molar refractivity (Wildman–Crippen MR) is 117 cm³/mol. The van der Waals surface area contributed by atoms with Crippen molar-refractivity contribution in [3.8, 4) is 0 Å². The summed E-state index contributed by atoms with van der Waals surface area (Å²) >= 11 is 0. The molecule has 8 heteroatoms. The summed E-state index contributed by atoms with van der Waals surface area (Å²) in [4.78, 5) is 26.0. The molecule has 1 heterocycles. The number of nitrogens with zero attached hydrogens (tertiary/aromatic N) is 2. The van der Waals surface area contributed by atoms with Gasteiger partial charge in [0, 0.05) is 37.2 Å². The van der Waals surface area contributed by atoms with Crippen LogP contribution in [0.1, 0.15) is 22.8 Å². The van der Waals surface area contributed by atoms with Crippen molar-refractivity contribution >= 4 is 33.5 Å². The van der Waals surface area contributed by atoms with Crippen molar-refractivity contribution in [3.63, 3.8) is 0 Å². The second-order valence-electron chi connectivity index (χ2n) is 7.08. The Hall–Kier alpha value is -2.81. The van der Waals surface area contributed by atoms with Crippen molar-refractivity contribution in [2.45, 2.75) is 6.92 Å². The monoisotopic (exact) mass is 427 g/mol. The van der Waals surface area contributed by atoms with E-state index in [9.17, 15) is 18.0 Å². The van der Waals surface area contributed by atoms with Gasteiger partial charge in [0.1, 0.15) is 0 Å². The van der Waals surface area contributed by atoms with E-state index in [1.54, 1.807) is 30.3 Å². The van der Waals surface area contributed by atoms with Crippen LogP contribution in [0.4, 0.5) is 5.69 Å². The van der Waals surface area contributed by atoms with Gasteiger partial charge < -0.3 is 5.32 Å². The standard InChI is InChI=1S/C22H25N3O4S/c1-18(26)20-9-5-6-10-21(20)23-22(27)17-24-12-14-25(15-13-24)30(28,29)16-11-19-7-3-2-4-8-19/h2-11,16H,12-15,17H2,1H3,(H,23,27)/b16-11+. The van der Waals surface area contributed by atoms with Crippen LogP contribution in [0.3, 0.4) is 0 Å². The Labute approximate surface area is 177 Å². The lowest BCUT2D eigenvalue weighted by Gasteiger charge is -2.32. The molecule has 1 N–H and O–H groups in total. The van der Waals surface area contributed by atoms with Crippen LogP contribution < -0.4 is 5.32 Å². The molecule has 30 heavy (non-hydrogen) atoms. The largest absolute Gasteiger partial charge is 0.324 e. The molecule has 0 atom stereocenters. The summed E-state index contributed by atoms with van der Waals surface area (Å²) in [5.74, 6) is -0.350. The number of carbonyl (C=O) groups is 2. The lowest BCUT2D eigenvalue weighted by atomic mass is 10.1. The Bertz CT molecular complexity index is 1030. The first-order chi connectivity index (χ1) is 14.3. The lowest BCUT2D eigenvalue weighted by molar-refractivity contribution is -0.117. The highest BCUT2D eigenvalue weighted by atomic mass is 32.2. The Balaban J connectivity index is 1.52. The molecule has 1 amide bonds. The third kappa shape index (κ3) is 5.85. The number of benzene rings is 2. The minimum absolute atomic E-state index is 0.117. The van der Waals surface area contributed by atoms with E-state index in [2.05, 4.69) is 5.32 Å². The molecule has 0 unspecified atom stereocenters. The molecule has 2 aromatic carbocycles. The number of sulfonamides is 1. The summed E-state index contributed by atoms with van der Waals surface area (Å²) in [5, 5.41) is 4.00. The first-order valence-electron chi connectivity index (χ1n) is 9.70. The van der Waals surface area contributed by atoms with Gasteiger partial charge in [-0.3, -0.25) is 14.5 Å². The molecule has 1 fully saturated rings. The van der Waals surface area contributed by atoms with Crippen LogP contribution in [0.25, 0.3) is 6.08 Å². The highest BCUT2D eigenvalue weighted by Crippen LogP contribution is 2.16. The van der Waals surface area contributed by atoms with Gasteiger partial charge >= 0.3 is 0 Å². The molecule has 0 spiro atoms. The quantitative estimate of drug-likeness (QED) is 0.686. The van der Waals surface area contributed by atoms with Crippen LogP contribution in [0.2, 0.25) is 0 Å². The third-order valence-electron chi connectivity index (χ3n) is 4.87. The summed E-state index contributed by atoms with van der Waals surface area (Å²) in [6, 6.07) is 16.1. The molecular weight excluding hydrogens is 402 g/mol. The Morgan fingerprint density at radius 1 is 0.967 bits per heavy atom. The molecule has 1 saturated heterocycles. The topological polar surface area (TPSA) is 86.8 Å². The van der Waals surface area contributed by atoms with E-state index < -0.39 is 10.0 Å². The van der Waals surface area contributed by atoms with E-state index >= 15 is 0 Å². The SMILES string of the molecule is CC(=O)c1ccccc1NC(=O)CN1CCN(S(=O)(=O)/C=C/c2ccccc2)CC1. The number of rotatable bonds is 7.